The van der Waals surface area contributed by atoms with Crippen LogP contribution in [0.5, 0.6) is 0 Å². The fraction of sp³-hybridized carbons (Fsp3) is 0.333. The number of fused-ring (bicyclic) bond motifs is 3. The number of carbonyl (C=O) groups is 2. The Morgan fingerprint density at radius 2 is 2.03 bits per heavy atom. The van der Waals surface area contributed by atoms with Gasteiger partial charge in [-0.15, -0.1) is 0 Å². The zero-order valence-electron chi connectivity index (χ0n) is 19.3. The Hall–Kier alpha value is -4.12. The summed E-state index contributed by atoms with van der Waals surface area (Å²) in [5.74, 6) is 0.919. The Labute approximate surface area is 201 Å². The number of amides is 2. The molecule has 0 aromatic carbocycles. The van der Waals surface area contributed by atoms with Crippen molar-refractivity contribution in [1.82, 2.24) is 34.3 Å². The van der Waals surface area contributed by atoms with Crippen LogP contribution < -0.4 is 10.6 Å². The lowest BCUT2D eigenvalue weighted by Gasteiger charge is -2.25. The number of aromatic nitrogens is 6. The second kappa shape index (κ2) is 8.58. The smallest absolute Gasteiger partial charge is 0.259 e. The molecule has 11 nitrogen and oxygen atoms in total. The van der Waals surface area contributed by atoms with Gasteiger partial charge in [-0.25, -0.2) is 14.2 Å². The molecule has 1 saturated heterocycles. The van der Waals surface area contributed by atoms with E-state index in [1.54, 1.807) is 59.2 Å². The molecule has 2 aliphatic rings. The van der Waals surface area contributed by atoms with Crippen LogP contribution in [0.4, 0.5) is 11.4 Å². The standard InChI is InChI=1S/C24H25N9O2/c1-15-20(8-17(9-25-15)29-23(34)14-31-12-16-3-4-18(31)7-16)30-24(35)19-10-28-33-13-22(26-11-21(19)33)32-6-2-5-27-32/h2,5-6,8-11,13,16,18H,3-4,7,12,14H2,1H3,(H,29,34)(H,30,35)/t16-,18+/m1/s1. The minimum atomic E-state index is -0.338. The van der Waals surface area contributed by atoms with E-state index in [4.69, 9.17) is 0 Å². The lowest BCUT2D eigenvalue weighted by molar-refractivity contribution is -0.117. The maximum atomic E-state index is 13.1. The van der Waals surface area contributed by atoms with E-state index in [2.05, 4.69) is 35.7 Å². The summed E-state index contributed by atoms with van der Waals surface area (Å²) in [6.45, 7) is 3.19. The number of nitrogens with one attached hydrogen (secondary N) is 2. The van der Waals surface area contributed by atoms with Gasteiger partial charge in [0, 0.05) is 25.0 Å². The minimum absolute atomic E-state index is 0.0674. The van der Waals surface area contributed by atoms with Crippen LogP contribution in [0, 0.1) is 12.8 Å². The van der Waals surface area contributed by atoms with E-state index < -0.39 is 0 Å². The second-order valence-corrected chi connectivity index (χ2v) is 9.21. The predicted octanol–water partition coefficient (Wildman–Crippen LogP) is 2.29. The first-order valence-corrected chi connectivity index (χ1v) is 11.7. The molecule has 2 fully saturated rings. The Balaban J connectivity index is 1.15. The van der Waals surface area contributed by atoms with Crippen molar-refractivity contribution in [3.63, 3.8) is 0 Å². The lowest BCUT2D eigenvalue weighted by atomic mass is 10.1. The van der Waals surface area contributed by atoms with Crippen LogP contribution in [0.1, 0.15) is 35.3 Å². The highest BCUT2D eigenvalue weighted by molar-refractivity contribution is 6.09. The highest BCUT2D eigenvalue weighted by Crippen LogP contribution is 2.37. The average molecular weight is 472 g/mol. The van der Waals surface area contributed by atoms with Crippen LogP contribution >= 0.6 is 0 Å². The van der Waals surface area contributed by atoms with Crippen LogP contribution in [0.25, 0.3) is 11.3 Å². The third kappa shape index (κ3) is 4.14. The molecule has 35 heavy (non-hydrogen) atoms. The molecule has 1 aliphatic carbocycles. The Morgan fingerprint density at radius 3 is 2.80 bits per heavy atom. The zero-order chi connectivity index (χ0) is 23.9. The number of carbonyl (C=O) groups excluding carboxylic acids is 2. The van der Waals surface area contributed by atoms with Crippen LogP contribution in [-0.2, 0) is 4.79 Å². The van der Waals surface area contributed by atoms with Gasteiger partial charge in [-0.3, -0.25) is 19.5 Å². The average Bonchev–Trinajstić information content (AvgIpc) is 3.65. The van der Waals surface area contributed by atoms with Gasteiger partial charge in [0.25, 0.3) is 5.91 Å². The maximum absolute atomic E-state index is 13.1. The molecule has 4 aromatic rings. The number of likely N-dealkylation sites (tertiary alicyclic amines) is 1. The number of aryl methyl sites for hydroxylation is 1. The summed E-state index contributed by atoms with van der Waals surface area (Å²) in [6, 6.07) is 4.07. The highest BCUT2D eigenvalue weighted by atomic mass is 16.2. The molecule has 0 radical (unpaired) electrons. The van der Waals surface area contributed by atoms with Crippen molar-refractivity contribution in [3.05, 3.63) is 60.6 Å². The van der Waals surface area contributed by atoms with Gasteiger partial charge in [-0.1, -0.05) is 0 Å². The number of hydrogen-bond acceptors (Lipinski definition) is 7. The summed E-state index contributed by atoms with van der Waals surface area (Å²) >= 11 is 0. The molecule has 0 unspecified atom stereocenters. The van der Waals surface area contributed by atoms with Gasteiger partial charge in [0.15, 0.2) is 5.82 Å². The Morgan fingerprint density at radius 1 is 1.11 bits per heavy atom. The van der Waals surface area contributed by atoms with E-state index in [-0.39, 0.29) is 11.8 Å². The monoisotopic (exact) mass is 471 g/mol. The van der Waals surface area contributed by atoms with Gasteiger partial charge >= 0.3 is 0 Å². The molecule has 11 heteroatoms. The molecule has 2 N–H and O–H groups in total. The molecular formula is C24H25N9O2. The van der Waals surface area contributed by atoms with E-state index in [1.807, 2.05) is 0 Å². The van der Waals surface area contributed by atoms with Gasteiger partial charge in [0.05, 0.1) is 59.5 Å². The Kier molecular flexibility index (Phi) is 5.25. The fourth-order valence-electron chi connectivity index (χ4n) is 5.09. The van der Waals surface area contributed by atoms with Crippen molar-refractivity contribution in [2.75, 3.05) is 23.7 Å². The first-order valence-electron chi connectivity index (χ1n) is 11.7. The molecule has 178 valence electrons. The number of rotatable bonds is 6. The summed E-state index contributed by atoms with van der Waals surface area (Å²) in [7, 11) is 0. The first-order chi connectivity index (χ1) is 17.0. The van der Waals surface area contributed by atoms with Crippen LogP contribution in [0.2, 0.25) is 0 Å². The molecule has 1 saturated carbocycles. The molecular weight excluding hydrogens is 446 g/mol. The molecule has 0 spiro atoms. The molecule has 2 atom stereocenters. The summed E-state index contributed by atoms with van der Waals surface area (Å²) < 4.78 is 3.20. The topological polar surface area (TPSA) is 122 Å². The van der Waals surface area contributed by atoms with Gasteiger partial charge in [0.2, 0.25) is 5.91 Å². The normalized spacial score (nSPS) is 19.3. The maximum Gasteiger partial charge on any atom is 0.259 e. The van der Waals surface area contributed by atoms with Gasteiger partial charge in [-0.2, -0.15) is 10.2 Å². The fourth-order valence-corrected chi connectivity index (χ4v) is 5.09. The zero-order valence-corrected chi connectivity index (χ0v) is 19.3. The molecule has 2 bridgehead atoms. The number of pyridine rings is 1. The summed E-state index contributed by atoms with van der Waals surface area (Å²) in [5, 5.41) is 14.3. The van der Waals surface area contributed by atoms with Crippen molar-refractivity contribution in [1.29, 1.82) is 0 Å². The first kappa shape index (κ1) is 21.4. The Bertz CT molecular complexity index is 1410. The molecule has 6 rings (SSSR count). The molecule has 5 heterocycles. The third-order valence-electron chi connectivity index (χ3n) is 6.86. The van der Waals surface area contributed by atoms with Crippen molar-refractivity contribution >= 4 is 28.7 Å². The van der Waals surface area contributed by atoms with E-state index in [0.29, 0.717) is 46.6 Å². The van der Waals surface area contributed by atoms with Crippen molar-refractivity contribution in [2.45, 2.75) is 32.2 Å². The summed E-state index contributed by atoms with van der Waals surface area (Å²) in [5.41, 5.74) is 2.65. The largest absolute Gasteiger partial charge is 0.324 e. The molecule has 2 amide bonds. The summed E-state index contributed by atoms with van der Waals surface area (Å²) in [4.78, 5) is 36.7. The van der Waals surface area contributed by atoms with Crippen LogP contribution in [-0.4, -0.2) is 65.2 Å². The molecule has 1 aliphatic heterocycles. The van der Waals surface area contributed by atoms with Crippen molar-refractivity contribution in [3.8, 4) is 5.82 Å². The minimum Gasteiger partial charge on any atom is -0.324 e. The van der Waals surface area contributed by atoms with E-state index in [9.17, 15) is 9.59 Å². The number of hydrogen-bond donors (Lipinski definition) is 2. The van der Waals surface area contributed by atoms with Gasteiger partial charge in [0.1, 0.15) is 0 Å². The van der Waals surface area contributed by atoms with Crippen molar-refractivity contribution < 1.29 is 9.59 Å². The SMILES string of the molecule is Cc1ncc(NC(=O)CN2C[C@@H]3CC[C@H]2C3)cc1NC(=O)c1cnn2cc(-n3cccn3)ncc12. The quantitative estimate of drug-likeness (QED) is 0.442. The van der Waals surface area contributed by atoms with Gasteiger partial charge in [-0.05, 0) is 44.2 Å². The van der Waals surface area contributed by atoms with Gasteiger partial charge < -0.3 is 10.6 Å². The predicted molar refractivity (Wildman–Crippen MR) is 128 cm³/mol. The van der Waals surface area contributed by atoms with Crippen LogP contribution in [0.3, 0.4) is 0 Å². The van der Waals surface area contributed by atoms with Crippen LogP contribution in [0.15, 0.2) is 49.3 Å². The highest BCUT2D eigenvalue weighted by Gasteiger charge is 2.38. The number of piperidine rings is 1. The lowest BCUT2D eigenvalue weighted by Crippen LogP contribution is -2.38. The molecule has 4 aromatic heterocycles. The van der Waals surface area contributed by atoms with E-state index in [0.717, 1.165) is 12.5 Å². The second-order valence-electron chi connectivity index (χ2n) is 9.21. The number of anilines is 2. The summed E-state index contributed by atoms with van der Waals surface area (Å²) in [6.07, 6.45) is 13.5. The van der Waals surface area contributed by atoms with E-state index in [1.165, 1.54) is 25.5 Å². The third-order valence-corrected chi connectivity index (χ3v) is 6.86. The van der Waals surface area contributed by atoms with E-state index >= 15 is 0 Å². The van der Waals surface area contributed by atoms with Crippen molar-refractivity contribution in [2.24, 2.45) is 5.92 Å². The number of nitrogens with zero attached hydrogens (tertiary/aromatic N) is 7.